The van der Waals surface area contributed by atoms with Crippen molar-refractivity contribution in [3.63, 3.8) is 0 Å². The molecule has 0 spiro atoms. The number of carbonyl (C=O) groups is 1. The minimum Gasteiger partial charge on any atom is -0.298 e. The van der Waals surface area contributed by atoms with Gasteiger partial charge in [-0.25, -0.2) is 4.85 Å². The molecule has 1 aromatic carbocycles. The quantitative estimate of drug-likeness (QED) is 0.422. The normalized spacial score (nSPS) is 8.30. The first-order valence-corrected chi connectivity index (χ1v) is 2.79. The van der Waals surface area contributed by atoms with E-state index in [-0.39, 0.29) is 0 Å². The molecule has 1 aromatic rings. The van der Waals surface area contributed by atoms with Gasteiger partial charge in [0.2, 0.25) is 0 Å². The number of nitrogens with zero attached hydrogens (tertiary/aromatic N) is 1. The lowest BCUT2D eigenvalue weighted by molar-refractivity contribution is 0.112. The molecule has 0 aliphatic heterocycles. The van der Waals surface area contributed by atoms with E-state index in [2.05, 4.69) is 4.85 Å². The van der Waals surface area contributed by atoms with Gasteiger partial charge in [0, 0.05) is 5.56 Å². The maximum Gasteiger partial charge on any atom is 0.187 e. The van der Waals surface area contributed by atoms with Crippen LogP contribution in [-0.4, -0.2) is 6.29 Å². The molecule has 0 fully saturated rings. The van der Waals surface area contributed by atoms with Crippen LogP contribution in [0.25, 0.3) is 4.85 Å². The smallest absolute Gasteiger partial charge is 0.187 e. The molecule has 1 rings (SSSR count). The summed E-state index contributed by atoms with van der Waals surface area (Å²) >= 11 is 0. The van der Waals surface area contributed by atoms with Gasteiger partial charge < -0.3 is 0 Å². The highest BCUT2D eigenvalue weighted by molar-refractivity contribution is 5.75. The molecule has 0 radical (unpaired) electrons. The Hall–Kier alpha value is -1.62. The maximum absolute atomic E-state index is 10.1. The summed E-state index contributed by atoms with van der Waals surface area (Å²) in [6.45, 7) is 6.61. The number of benzene rings is 1. The van der Waals surface area contributed by atoms with Crippen molar-refractivity contribution in [1.29, 1.82) is 0 Å². The van der Waals surface area contributed by atoms with Gasteiger partial charge in [0.15, 0.2) is 5.69 Å². The van der Waals surface area contributed by atoms with Crippen molar-refractivity contribution in [1.82, 2.24) is 0 Å². The zero-order valence-corrected chi connectivity index (χ0v) is 5.24. The molecule has 0 atom stereocenters. The number of hydrogen-bond donors (Lipinski definition) is 0. The first kappa shape index (κ1) is 6.50. The van der Waals surface area contributed by atoms with E-state index in [1.54, 1.807) is 24.3 Å². The zero-order chi connectivity index (χ0) is 7.40. The van der Waals surface area contributed by atoms with Crippen molar-refractivity contribution in [3.8, 4) is 0 Å². The van der Waals surface area contributed by atoms with Crippen molar-refractivity contribution in [2.45, 2.75) is 0 Å². The van der Waals surface area contributed by atoms with Crippen molar-refractivity contribution < 1.29 is 4.79 Å². The predicted molar refractivity (Wildman–Crippen MR) is 38.1 cm³/mol. The first-order chi connectivity index (χ1) is 4.86. The lowest BCUT2D eigenvalue weighted by Gasteiger charge is -1.87. The number of carbonyl (C=O) groups excluding carboxylic acids is 1. The fourth-order valence-electron chi connectivity index (χ4n) is 0.627. The summed E-state index contributed by atoms with van der Waals surface area (Å²) < 4.78 is 0. The topological polar surface area (TPSA) is 21.4 Å². The largest absolute Gasteiger partial charge is 0.298 e. The minimum absolute atomic E-state index is 0.561. The molecule has 10 heavy (non-hydrogen) atoms. The molecular weight excluding hydrogens is 126 g/mol. The average Bonchev–Trinajstić information content (AvgIpc) is 2.05. The van der Waals surface area contributed by atoms with Gasteiger partial charge in [-0.3, -0.25) is 4.79 Å². The third-order valence-corrected chi connectivity index (χ3v) is 1.16. The van der Waals surface area contributed by atoms with Crippen LogP contribution < -0.4 is 0 Å². The molecule has 0 bridgehead atoms. The Balaban J connectivity index is 3.04. The van der Waals surface area contributed by atoms with E-state index < -0.39 is 0 Å². The molecule has 0 heterocycles. The Kier molecular flexibility index (Phi) is 1.81. The minimum atomic E-state index is 0.561. The van der Waals surface area contributed by atoms with Gasteiger partial charge in [-0.1, -0.05) is 24.3 Å². The van der Waals surface area contributed by atoms with Gasteiger partial charge in [0.25, 0.3) is 0 Å². The lowest BCUT2D eigenvalue weighted by atomic mass is 10.2. The predicted octanol–water partition coefficient (Wildman–Crippen LogP) is 2.05. The van der Waals surface area contributed by atoms with E-state index in [1.165, 1.54) is 0 Å². The number of aldehydes is 1. The van der Waals surface area contributed by atoms with E-state index in [0.29, 0.717) is 11.3 Å². The SMILES string of the molecule is [C-]#[N+]c1ccc(C=O)cc1. The molecular formula is C8H5NO. The van der Waals surface area contributed by atoms with Crippen LogP contribution in [0.4, 0.5) is 5.69 Å². The molecule has 0 aliphatic rings. The summed E-state index contributed by atoms with van der Waals surface area (Å²) in [5.41, 5.74) is 1.16. The van der Waals surface area contributed by atoms with E-state index in [0.717, 1.165) is 6.29 Å². The summed E-state index contributed by atoms with van der Waals surface area (Å²) in [6, 6.07) is 6.49. The Labute approximate surface area is 58.9 Å². The van der Waals surface area contributed by atoms with E-state index in [1.807, 2.05) is 0 Å². The fourth-order valence-corrected chi connectivity index (χ4v) is 0.627. The van der Waals surface area contributed by atoms with Crippen molar-refractivity contribution in [2.24, 2.45) is 0 Å². The Morgan fingerprint density at radius 2 is 1.90 bits per heavy atom. The van der Waals surface area contributed by atoms with Gasteiger partial charge in [0.05, 0.1) is 6.57 Å². The third-order valence-electron chi connectivity index (χ3n) is 1.16. The van der Waals surface area contributed by atoms with E-state index >= 15 is 0 Å². The van der Waals surface area contributed by atoms with Crippen molar-refractivity contribution in [3.05, 3.63) is 41.2 Å². The summed E-state index contributed by atoms with van der Waals surface area (Å²) in [6.07, 6.45) is 0.758. The molecule has 2 nitrogen and oxygen atoms in total. The average molecular weight is 131 g/mol. The fraction of sp³-hybridized carbons (Fsp3) is 0. The van der Waals surface area contributed by atoms with Gasteiger partial charge in [0.1, 0.15) is 6.29 Å². The Bertz CT molecular complexity index is 268. The second-order valence-electron chi connectivity index (χ2n) is 1.82. The molecule has 48 valence electrons. The van der Waals surface area contributed by atoms with E-state index in [9.17, 15) is 4.79 Å². The zero-order valence-electron chi connectivity index (χ0n) is 5.24. The Morgan fingerprint density at radius 3 is 2.30 bits per heavy atom. The molecule has 0 saturated carbocycles. The van der Waals surface area contributed by atoms with Crippen LogP contribution in [0.1, 0.15) is 10.4 Å². The first-order valence-electron chi connectivity index (χ1n) is 2.79. The van der Waals surface area contributed by atoms with Gasteiger partial charge in [-0.05, 0) is 0 Å². The number of rotatable bonds is 1. The summed E-state index contributed by atoms with van der Waals surface area (Å²) in [7, 11) is 0. The summed E-state index contributed by atoms with van der Waals surface area (Å²) in [5.74, 6) is 0. The van der Waals surface area contributed by atoms with Gasteiger partial charge in [-0.2, -0.15) is 0 Å². The van der Waals surface area contributed by atoms with Crippen LogP contribution in [0.2, 0.25) is 0 Å². The lowest BCUT2D eigenvalue weighted by Crippen LogP contribution is -1.74. The van der Waals surface area contributed by atoms with Crippen molar-refractivity contribution in [2.75, 3.05) is 0 Å². The second-order valence-corrected chi connectivity index (χ2v) is 1.82. The summed E-state index contributed by atoms with van der Waals surface area (Å²) in [4.78, 5) is 13.3. The number of hydrogen-bond acceptors (Lipinski definition) is 1. The van der Waals surface area contributed by atoms with Gasteiger partial charge in [-0.15, -0.1) is 0 Å². The van der Waals surface area contributed by atoms with Crippen LogP contribution in [0.15, 0.2) is 24.3 Å². The highest BCUT2D eigenvalue weighted by atomic mass is 16.1. The monoisotopic (exact) mass is 131 g/mol. The molecule has 2 heteroatoms. The van der Waals surface area contributed by atoms with Gasteiger partial charge >= 0.3 is 0 Å². The molecule has 0 N–H and O–H groups in total. The van der Waals surface area contributed by atoms with Crippen LogP contribution in [0, 0.1) is 6.57 Å². The Morgan fingerprint density at radius 1 is 1.30 bits per heavy atom. The van der Waals surface area contributed by atoms with Crippen LogP contribution >= 0.6 is 0 Å². The molecule has 0 aromatic heterocycles. The second kappa shape index (κ2) is 2.79. The van der Waals surface area contributed by atoms with Crippen LogP contribution in [-0.2, 0) is 0 Å². The molecule has 0 saturated heterocycles. The molecule has 0 unspecified atom stereocenters. The third kappa shape index (κ3) is 1.20. The standard InChI is InChI=1S/C8H5NO/c1-9-8-4-2-7(6-10)3-5-8/h2-6H. The van der Waals surface area contributed by atoms with Crippen LogP contribution in [0.3, 0.4) is 0 Å². The van der Waals surface area contributed by atoms with Crippen molar-refractivity contribution >= 4 is 12.0 Å². The molecule has 0 amide bonds. The van der Waals surface area contributed by atoms with Crippen LogP contribution in [0.5, 0.6) is 0 Å². The highest BCUT2D eigenvalue weighted by Gasteiger charge is 1.89. The highest BCUT2D eigenvalue weighted by Crippen LogP contribution is 2.10. The summed E-state index contributed by atoms with van der Waals surface area (Å²) in [5, 5.41) is 0. The van der Waals surface area contributed by atoms with E-state index in [4.69, 9.17) is 6.57 Å². The molecule has 0 aliphatic carbocycles. The maximum atomic E-state index is 10.1.